The Morgan fingerprint density at radius 2 is 1.02 bits per heavy atom. The Hall–Kier alpha value is -3.20. The first kappa shape index (κ1) is 36.8. The van der Waals surface area contributed by atoms with Crippen molar-refractivity contribution in [2.75, 3.05) is 5.33 Å². The molecule has 2 aromatic rings. The van der Waals surface area contributed by atoms with Crippen molar-refractivity contribution >= 4 is 39.8 Å². The lowest BCUT2D eigenvalue weighted by atomic mass is 10.0. The second-order valence-electron chi connectivity index (χ2n) is 11.6. The minimum Gasteiger partial charge on any atom is -0.461 e. The minimum absolute atomic E-state index is 0.106. The maximum Gasteiger partial charge on any atom is 0.320 e. The van der Waals surface area contributed by atoms with Gasteiger partial charge in [-0.1, -0.05) is 76.6 Å². The highest BCUT2D eigenvalue weighted by molar-refractivity contribution is 9.09. The van der Waals surface area contributed by atoms with E-state index in [1.807, 2.05) is 60.7 Å². The molecule has 8 nitrogen and oxygen atoms in total. The van der Waals surface area contributed by atoms with Crippen LogP contribution in [0.4, 0.5) is 0 Å². The molecule has 0 unspecified atom stereocenters. The van der Waals surface area contributed by atoms with E-state index in [0.29, 0.717) is 19.4 Å². The van der Waals surface area contributed by atoms with Crippen molar-refractivity contribution in [3.63, 3.8) is 0 Å². The maximum absolute atomic E-state index is 12.4. The van der Waals surface area contributed by atoms with Crippen molar-refractivity contribution in [3.05, 3.63) is 71.8 Å². The molecule has 0 saturated carbocycles. The van der Waals surface area contributed by atoms with Crippen molar-refractivity contribution in [3.8, 4) is 0 Å². The minimum atomic E-state index is -1.07. The third-order valence-corrected chi connectivity index (χ3v) is 5.82. The van der Waals surface area contributed by atoms with Crippen LogP contribution in [0.5, 0.6) is 0 Å². The summed E-state index contributed by atoms with van der Waals surface area (Å²) >= 11 is 3.27. The number of hydrogen-bond donors (Lipinski definition) is 0. The third kappa shape index (κ3) is 18.3. The molecule has 0 heterocycles. The summed E-state index contributed by atoms with van der Waals surface area (Å²) < 4.78 is 21.0. The number of esters is 4. The smallest absolute Gasteiger partial charge is 0.320 e. The van der Waals surface area contributed by atoms with Gasteiger partial charge in [0.25, 0.3) is 0 Å². The number of hydrogen-bond acceptors (Lipinski definition) is 8. The molecule has 0 aromatic heterocycles. The van der Waals surface area contributed by atoms with Crippen LogP contribution in [-0.4, -0.2) is 40.4 Å². The van der Waals surface area contributed by atoms with Gasteiger partial charge in [0.2, 0.25) is 0 Å². The average molecular weight is 650 g/mol. The van der Waals surface area contributed by atoms with E-state index in [9.17, 15) is 19.2 Å². The number of halogens is 1. The topological polar surface area (TPSA) is 105 Å². The molecule has 232 valence electrons. The molecule has 0 aliphatic heterocycles. The van der Waals surface area contributed by atoms with Gasteiger partial charge in [-0.05, 0) is 71.9 Å². The Morgan fingerprint density at radius 1 is 0.643 bits per heavy atom. The second-order valence-corrected chi connectivity index (χ2v) is 12.4. The van der Waals surface area contributed by atoms with Gasteiger partial charge in [0, 0.05) is 18.2 Å². The first-order valence-electron chi connectivity index (χ1n) is 14.1. The predicted octanol–water partition coefficient (Wildman–Crippen LogP) is 7.10. The quantitative estimate of drug-likeness (QED) is 0.0980. The van der Waals surface area contributed by atoms with Gasteiger partial charge in [0.05, 0.1) is 0 Å². The Balaban J connectivity index is 0.000000525. The molecular weight excluding hydrogens is 604 g/mol. The molecular formula is C33H45BrO8. The van der Waals surface area contributed by atoms with Crippen LogP contribution in [0.1, 0.15) is 84.8 Å². The van der Waals surface area contributed by atoms with Gasteiger partial charge in [0.15, 0.2) is 5.92 Å². The van der Waals surface area contributed by atoms with Gasteiger partial charge in [-0.2, -0.15) is 0 Å². The van der Waals surface area contributed by atoms with Gasteiger partial charge in [-0.25, -0.2) is 0 Å². The zero-order valence-corrected chi connectivity index (χ0v) is 27.2. The Bertz CT molecular complexity index is 1060. The van der Waals surface area contributed by atoms with Crippen LogP contribution in [0.3, 0.4) is 0 Å². The zero-order chi connectivity index (χ0) is 31.6. The normalized spacial score (nSPS) is 11.1. The summed E-state index contributed by atoms with van der Waals surface area (Å²) in [5.41, 5.74) is 0.494. The number of alkyl halides is 1. The highest BCUT2D eigenvalue weighted by Crippen LogP contribution is 2.21. The number of carbonyl (C=O) groups excluding carboxylic acids is 4. The van der Waals surface area contributed by atoms with Crippen LogP contribution in [0, 0.1) is 5.92 Å². The van der Waals surface area contributed by atoms with Gasteiger partial charge in [-0.3, -0.25) is 19.2 Å². The summed E-state index contributed by atoms with van der Waals surface area (Å²) in [7, 11) is 0. The van der Waals surface area contributed by atoms with Crippen LogP contribution in [-0.2, 0) is 51.3 Å². The lowest BCUT2D eigenvalue weighted by Gasteiger charge is -2.26. The van der Waals surface area contributed by atoms with Crippen LogP contribution in [0.15, 0.2) is 60.7 Å². The summed E-state index contributed by atoms with van der Waals surface area (Å²) in [5.74, 6) is -2.86. The van der Waals surface area contributed by atoms with E-state index in [-0.39, 0.29) is 31.4 Å². The zero-order valence-electron chi connectivity index (χ0n) is 25.7. The molecule has 0 N–H and O–H groups in total. The molecule has 0 aliphatic carbocycles. The van der Waals surface area contributed by atoms with Gasteiger partial charge in [0.1, 0.15) is 24.4 Å². The molecule has 0 radical (unpaired) electrons. The van der Waals surface area contributed by atoms with Crippen molar-refractivity contribution in [2.45, 2.75) is 98.1 Å². The summed E-state index contributed by atoms with van der Waals surface area (Å²) in [6, 6.07) is 19.1. The standard InChI is InChI=1S/C22H32O6.C11H13BrO2/c1-21(2,3)27-19(24)17(20(25)28-22(4,5)6)13-10-14-18(23)26-15-16-11-8-7-9-12-16;12-8-4-7-11(13)14-9-10-5-2-1-3-6-10/h7-9,11-12,17H,10,13-15H2,1-6H3;1-3,5-6H,4,7-9H2. The van der Waals surface area contributed by atoms with Crippen molar-refractivity contribution < 1.29 is 38.1 Å². The molecule has 2 rings (SSSR count). The van der Waals surface area contributed by atoms with E-state index in [0.717, 1.165) is 22.9 Å². The molecule has 0 saturated heterocycles. The van der Waals surface area contributed by atoms with E-state index < -0.39 is 29.1 Å². The fourth-order valence-corrected chi connectivity index (χ4v) is 3.64. The SMILES string of the molecule is CC(C)(C)OC(=O)C(CCCC(=O)OCc1ccccc1)C(=O)OC(C)(C)C.O=C(CCCBr)OCc1ccccc1. The number of rotatable bonds is 13. The molecule has 9 heteroatoms. The molecule has 0 spiro atoms. The van der Waals surface area contributed by atoms with Gasteiger partial charge in [-0.15, -0.1) is 0 Å². The van der Waals surface area contributed by atoms with Crippen molar-refractivity contribution in [2.24, 2.45) is 5.92 Å². The van der Waals surface area contributed by atoms with Crippen LogP contribution in [0.2, 0.25) is 0 Å². The van der Waals surface area contributed by atoms with Crippen LogP contribution >= 0.6 is 15.9 Å². The fraction of sp³-hybridized carbons (Fsp3) is 0.515. The lowest BCUT2D eigenvalue weighted by Crippen LogP contribution is -2.37. The van der Waals surface area contributed by atoms with Gasteiger partial charge >= 0.3 is 23.9 Å². The maximum atomic E-state index is 12.4. The largest absolute Gasteiger partial charge is 0.461 e. The first-order valence-corrected chi connectivity index (χ1v) is 15.2. The molecule has 0 atom stereocenters. The summed E-state index contributed by atoms with van der Waals surface area (Å²) in [5, 5.41) is 0.841. The molecule has 0 aliphatic rings. The first-order chi connectivity index (χ1) is 19.7. The molecule has 0 fully saturated rings. The van der Waals surface area contributed by atoms with E-state index in [1.165, 1.54) is 0 Å². The van der Waals surface area contributed by atoms with Gasteiger partial charge < -0.3 is 18.9 Å². The average Bonchev–Trinajstić information content (AvgIpc) is 2.91. The molecule has 0 amide bonds. The van der Waals surface area contributed by atoms with Crippen molar-refractivity contribution in [1.82, 2.24) is 0 Å². The second kappa shape index (κ2) is 19.1. The Kier molecular flexibility index (Phi) is 16.7. The van der Waals surface area contributed by atoms with Crippen molar-refractivity contribution in [1.29, 1.82) is 0 Å². The van der Waals surface area contributed by atoms with E-state index in [1.54, 1.807) is 41.5 Å². The summed E-state index contributed by atoms with van der Waals surface area (Å²) in [6.07, 6.45) is 1.89. The highest BCUT2D eigenvalue weighted by atomic mass is 79.9. The Morgan fingerprint density at radius 3 is 1.38 bits per heavy atom. The van der Waals surface area contributed by atoms with Crippen LogP contribution < -0.4 is 0 Å². The molecule has 0 bridgehead atoms. The Labute approximate surface area is 258 Å². The fourth-order valence-electron chi connectivity index (χ4n) is 3.36. The summed E-state index contributed by atoms with van der Waals surface area (Å²) in [4.78, 5) is 47.9. The highest BCUT2D eigenvalue weighted by Gasteiger charge is 2.34. The molecule has 2 aromatic carbocycles. The predicted molar refractivity (Wildman–Crippen MR) is 165 cm³/mol. The number of carbonyl (C=O) groups is 4. The van der Waals surface area contributed by atoms with E-state index in [4.69, 9.17) is 18.9 Å². The van der Waals surface area contributed by atoms with E-state index >= 15 is 0 Å². The van der Waals surface area contributed by atoms with Crippen LogP contribution in [0.25, 0.3) is 0 Å². The monoisotopic (exact) mass is 648 g/mol. The summed E-state index contributed by atoms with van der Waals surface area (Å²) in [6.45, 7) is 11.0. The van der Waals surface area contributed by atoms with E-state index in [2.05, 4.69) is 15.9 Å². The number of benzene rings is 2. The molecule has 42 heavy (non-hydrogen) atoms. The number of ether oxygens (including phenoxy) is 4. The third-order valence-electron chi connectivity index (χ3n) is 5.26. The lowest BCUT2D eigenvalue weighted by molar-refractivity contribution is -0.175.